The largest absolute Gasteiger partial charge is 0.366 e. The summed E-state index contributed by atoms with van der Waals surface area (Å²) in [5, 5.41) is 0. The molecular weight excluding hydrogens is 300 g/mol. The first kappa shape index (κ1) is 16.0. The Balaban J connectivity index is 2.33. The molecular formula is C16H18N2O3S. The SMILES string of the molecule is CCc1ccc(NS(=O)(=O)c2ccc(C)c(C(N)=O)c2)cc1. The number of anilines is 1. The quantitative estimate of drug-likeness (QED) is 0.887. The molecule has 0 fully saturated rings. The number of benzene rings is 2. The number of nitrogens with one attached hydrogen (secondary N) is 1. The topological polar surface area (TPSA) is 89.3 Å². The Kier molecular flexibility index (Phi) is 4.51. The van der Waals surface area contributed by atoms with Gasteiger partial charge in [-0.2, -0.15) is 0 Å². The third-order valence-electron chi connectivity index (χ3n) is 3.40. The second kappa shape index (κ2) is 6.19. The van der Waals surface area contributed by atoms with Crippen LogP contribution in [0.2, 0.25) is 0 Å². The van der Waals surface area contributed by atoms with Crippen LogP contribution in [0.1, 0.15) is 28.4 Å². The van der Waals surface area contributed by atoms with E-state index in [1.165, 1.54) is 12.1 Å². The van der Waals surface area contributed by atoms with Gasteiger partial charge in [0, 0.05) is 11.3 Å². The Hall–Kier alpha value is -2.34. The number of nitrogens with two attached hydrogens (primary N) is 1. The Bertz CT molecular complexity index is 797. The van der Waals surface area contributed by atoms with Gasteiger partial charge in [0.05, 0.1) is 4.90 Å². The second-order valence-electron chi connectivity index (χ2n) is 5.00. The van der Waals surface area contributed by atoms with Crippen LogP contribution in [-0.4, -0.2) is 14.3 Å². The first-order valence-corrected chi connectivity index (χ1v) is 8.34. The lowest BCUT2D eigenvalue weighted by atomic mass is 10.1. The molecule has 0 heterocycles. The van der Waals surface area contributed by atoms with E-state index in [4.69, 9.17) is 5.73 Å². The van der Waals surface area contributed by atoms with Gasteiger partial charge in [0.15, 0.2) is 0 Å². The number of hydrogen-bond donors (Lipinski definition) is 2. The minimum Gasteiger partial charge on any atom is -0.366 e. The lowest BCUT2D eigenvalue weighted by molar-refractivity contribution is 0.0999. The maximum absolute atomic E-state index is 12.4. The Morgan fingerprint density at radius 3 is 2.32 bits per heavy atom. The van der Waals surface area contributed by atoms with Crippen molar-refractivity contribution in [3.63, 3.8) is 0 Å². The van der Waals surface area contributed by atoms with Crippen molar-refractivity contribution in [3.05, 3.63) is 59.2 Å². The maximum Gasteiger partial charge on any atom is 0.261 e. The summed E-state index contributed by atoms with van der Waals surface area (Å²) in [6, 6.07) is 11.4. The molecule has 6 heteroatoms. The van der Waals surface area contributed by atoms with E-state index in [1.54, 1.807) is 25.1 Å². The van der Waals surface area contributed by atoms with E-state index in [9.17, 15) is 13.2 Å². The first-order valence-electron chi connectivity index (χ1n) is 6.85. The summed E-state index contributed by atoms with van der Waals surface area (Å²) >= 11 is 0. The van der Waals surface area contributed by atoms with E-state index in [-0.39, 0.29) is 10.5 Å². The lowest BCUT2D eigenvalue weighted by Gasteiger charge is -2.10. The van der Waals surface area contributed by atoms with Gasteiger partial charge in [-0.3, -0.25) is 9.52 Å². The number of primary amides is 1. The first-order chi connectivity index (χ1) is 10.3. The number of hydrogen-bond acceptors (Lipinski definition) is 3. The summed E-state index contributed by atoms with van der Waals surface area (Å²) in [7, 11) is -3.76. The smallest absolute Gasteiger partial charge is 0.261 e. The van der Waals surface area contributed by atoms with Crippen LogP contribution in [0, 0.1) is 6.92 Å². The van der Waals surface area contributed by atoms with Crippen molar-refractivity contribution in [1.82, 2.24) is 0 Å². The molecule has 0 saturated carbocycles. The Morgan fingerprint density at radius 1 is 1.14 bits per heavy atom. The maximum atomic E-state index is 12.4. The number of sulfonamides is 1. The molecule has 0 aliphatic rings. The van der Waals surface area contributed by atoms with Crippen molar-refractivity contribution in [2.45, 2.75) is 25.2 Å². The fraction of sp³-hybridized carbons (Fsp3) is 0.188. The molecule has 0 saturated heterocycles. The molecule has 0 bridgehead atoms. The predicted octanol–water partition coefficient (Wildman–Crippen LogP) is 2.46. The van der Waals surface area contributed by atoms with Crippen LogP contribution in [0.4, 0.5) is 5.69 Å². The van der Waals surface area contributed by atoms with Crippen molar-refractivity contribution < 1.29 is 13.2 Å². The molecule has 5 nitrogen and oxygen atoms in total. The summed E-state index contributed by atoms with van der Waals surface area (Å²) < 4.78 is 27.2. The van der Waals surface area contributed by atoms with Gasteiger partial charge in [-0.15, -0.1) is 0 Å². The third-order valence-corrected chi connectivity index (χ3v) is 4.78. The van der Waals surface area contributed by atoms with Gasteiger partial charge >= 0.3 is 0 Å². The van der Waals surface area contributed by atoms with Gasteiger partial charge in [-0.05, 0) is 48.7 Å². The van der Waals surface area contributed by atoms with Crippen molar-refractivity contribution in [2.75, 3.05) is 4.72 Å². The zero-order valence-corrected chi connectivity index (χ0v) is 13.3. The van der Waals surface area contributed by atoms with Crippen LogP contribution < -0.4 is 10.5 Å². The van der Waals surface area contributed by atoms with Gasteiger partial charge in [-0.25, -0.2) is 8.42 Å². The monoisotopic (exact) mass is 318 g/mol. The number of rotatable bonds is 5. The van der Waals surface area contributed by atoms with Crippen LogP contribution in [0.25, 0.3) is 0 Å². The zero-order valence-electron chi connectivity index (χ0n) is 12.5. The molecule has 22 heavy (non-hydrogen) atoms. The van der Waals surface area contributed by atoms with Crippen molar-refractivity contribution in [2.24, 2.45) is 5.73 Å². The number of amides is 1. The Labute approximate surface area is 130 Å². The van der Waals surface area contributed by atoms with Crippen molar-refractivity contribution >= 4 is 21.6 Å². The molecule has 0 radical (unpaired) electrons. The lowest BCUT2D eigenvalue weighted by Crippen LogP contribution is -2.17. The van der Waals surface area contributed by atoms with E-state index < -0.39 is 15.9 Å². The molecule has 0 aromatic heterocycles. The standard InChI is InChI=1S/C16H18N2O3S/c1-3-12-5-7-13(8-6-12)18-22(20,21)14-9-4-11(2)15(10-14)16(17)19/h4-10,18H,3H2,1-2H3,(H2,17,19). The molecule has 3 N–H and O–H groups in total. The average Bonchev–Trinajstić information content (AvgIpc) is 2.47. The van der Waals surface area contributed by atoms with E-state index >= 15 is 0 Å². The summed E-state index contributed by atoms with van der Waals surface area (Å²) in [6.07, 6.45) is 0.882. The van der Waals surface area contributed by atoms with E-state index in [2.05, 4.69) is 4.72 Å². The number of carbonyl (C=O) groups is 1. The molecule has 116 valence electrons. The molecule has 0 aliphatic heterocycles. The van der Waals surface area contributed by atoms with Crippen LogP contribution in [-0.2, 0) is 16.4 Å². The summed E-state index contributed by atoms with van der Waals surface area (Å²) in [4.78, 5) is 11.3. The van der Waals surface area contributed by atoms with E-state index in [0.29, 0.717) is 11.3 Å². The van der Waals surface area contributed by atoms with E-state index in [0.717, 1.165) is 12.0 Å². The zero-order chi connectivity index (χ0) is 16.3. The molecule has 0 unspecified atom stereocenters. The van der Waals surface area contributed by atoms with E-state index in [1.807, 2.05) is 19.1 Å². The second-order valence-corrected chi connectivity index (χ2v) is 6.68. The summed E-state index contributed by atoms with van der Waals surface area (Å²) in [6.45, 7) is 3.73. The van der Waals surface area contributed by atoms with Crippen LogP contribution in [0.15, 0.2) is 47.4 Å². The molecule has 2 aromatic carbocycles. The molecule has 0 spiro atoms. The molecule has 2 rings (SSSR count). The highest BCUT2D eigenvalue weighted by molar-refractivity contribution is 7.92. The highest BCUT2D eigenvalue weighted by Crippen LogP contribution is 2.19. The number of carbonyl (C=O) groups excluding carboxylic acids is 1. The van der Waals surface area contributed by atoms with Gasteiger partial charge in [-0.1, -0.05) is 25.1 Å². The highest BCUT2D eigenvalue weighted by Gasteiger charge is 2.17. The van der Waals surface area contributed by atoms with Crippen molar-refractivity contribution in [3.8, 4) is 0 Å². The minimum absolute atomic E-state index is 0.00599. The molecule has 2 aromatic rings. The van der Waals surface area contributed by atoms with Gasteiger partial charge in [0.25, 0.3) is 10.0 Å². The number of aryl methyl sites for hydroxylation is 2. The fourth-order valence-corrected chi connectivity index (χ4v) is 3.14. The average molecular weight is 318 g/mol. The molecule has 0 aliphatic carbocycles. The van der Waals surface area contributed by atoms with Gasteiger partial charge in [0.2, 0.25) is 5.91 Å². The van der Waals surface area contributed by atoms with Crippen LogP contribution >= 0.6 is 0 Å². The van der Waals surface area contributed by atoms with Crippen LogP contribution in [0.3, 0.4) is 0 Å². The minimum atomic E-state index is -3.76. The molecule has 1 amide bonds. The predicted molar refractivity (Wildman–Crippen MR) is 86.3 cm³/mol. The van der Waals surface area contributed by atoms with Crippen LogP contribution in [0.5, 0.6) is 0 Å². The molecule has 0 atom stereocenters. The highest BCUT2D eigenvalue weighted by atomic mass is 32.2. The normalized spacial score (nSPS) is 11.2. The third kappa shape index (κ3) is 3.46. The summed E-state index contributed by atoms with van der Waals surface area (Å²) in [5.41, 5.74) is 7.68. The summed E-state index contributed by atoms with van der Waals surface area (Å²) in [5.74, 6) is -0.651. The van der Waals surface area contributed by atoms with Crippen molar-refractivity contribution in [1.29, 1.82) is 0 Å². The van der Waals surface area contributed by atoms with Gasteiger partial charge < -0.3 is 5.73 Å². The van der Waals surface area contributed by atoms with Gasteiger partial charge in [0.1, 0.15) is 0 Å². The fourth-order valence-electron chi connectivity index (χ4n) is 2.06. The Morgan fingerprint density at radius 2 is 1.77 bits per heavy atom.